The van der Waals surface area contributed by atoms with Crippen LogP contribution >= 0.6 is 0 Å². The first kappa shape index (κ1) is 58.0. The number of aryl methyl sites for hydroxylation is 2. The largest absolute Gasteiger partial charge is 0.310 e. The number of anilines is 6. The summed E-state index contributed by atoms with van der Waals surface area (Å²) in [5, 5.41) is 5.05. The summed E-state index contributed by atoms with van der Waals surface area (Å²) in [6, 6.07) is 109. The molecule has 458 valence electrons. The van der Waals surface area contributed by atoms with Gasteiger partial charge in [-0.05, 0) is 182 Å². The molecule has 2 aromatic heterocycles. The molecular formula is C90H75BN4. The van der Waals surface area contributed by atoms with Crippen molar-refractivity contribution in [3.63, 3.8) is 0 Å². The Morgan fingerprint density at radius 2 is 0.632 bits per heavy atom. The molecule has 2 aliphatic heterocycles. The molecule has 0 saturated heterocycles. The monoisotopic (exact) mass is 1220 g/mol. The molecule has 0 unspecified atom stereocenters. The first-order valence-corrected chi connectivity index (χ1v) is 34.0. The highest BCUT2D eigenvalue weighted by atomic mass is 15.2. The molecule has 5 heteroatoms. The quantitative estimate of drug-likeness (QED) is 0.127. The number of nitrogens with zero attached hydrogens (tertiary/aromatic N) is 4. The van der Waals surface area contributed by atoms with Crippen LogP contribution in [0.5, 0.6) is 0 Å². The Balaban J connectivity index is 1.04. The van der Waals surface area contributed by atoms with E-state index in [-0.39, 0.29) is 17.5 Å². The van der Waals surface area contributed by atoms with Gasteiger partial charge in [0.25, 0.3) is 6.71 Å². The van der Waals surface area contributed by atoms with Crippen LogP contribution in [0, 0.1) is 0 Å². The van der Waals surface area contributed by atoms with Crippen molar-refractivity contribution < 1.29 is 0 Å². The third kappa shape index (κ3) is 9.41. The van der Waals surface area contributed by atoms with E-state index < -0.39 is 0 Å². The number of hydrogen-bond acceptors (Lipinski definition) is 2. The zero-order valence-corrected chi connectivity index (χ0v) is 55.4. The summed E-state index contributed by atoms with van der Waals surface area (Å²) < 4.78 is 5.03. The molecule has 0 N–H and O–H groups in total. The Morgan fingerprint density at radius 1 is 0.295 bits per heavy atom. The lowest BCUT2D eigenvalue weighted by molar-refractivity contribution is 0.590. The van der Waals surface area contributed by atoms with E-state index in [4.69, 9.17) is 0 Å². The second kappa shape index (κ2) is 22.4. The van der Waals surface area contributed by atoms with Crippen molar-refractivity contribution in [1.82, 2.24) is 9.13 Å². The Kier molecular flexibility index (Phi) is 13.7. The van der Waals surface area contributed by atoms with Gasteiger partial charge < -0.3 is 18.9 Å². The molecule has 0 aliphatic carbocycles. The van der Waals surface area contributed by atoms with Crippen molar-refractivity contribution in [3.8, 4) is 55.9 Å². The molecule has 4 nitrogen and oxygen atoms in total. The summed E-state index contributed by atoms with van der Waals surface area (Å²) in [5.41, 5.74) is 31.9. The molecule has 4 heterocycles. The highest BCUT2D eigenvalue weighted by Gasteiger charge is 2.46. The predicted octanol–water partition coefficient (Wildman–Crippen LogP) is 22.4. The number of fused-ring (bicyclic) bond motifs is 10. The molecule has 0 radical (unpaired) electrons. The van der Waals surface area contributed by atoms with Gasteiger partial charge >= 0.3 is 0 Å². The van der Waals surface area contributed by atoms with Crippen LogP contribution in [0.4, 0.5) is 34.1 Å². The van der Waals surface area contributed by atoms with Gasteiger partial charge in [-0.2, -0.15) is 0 Å². The minimum atomic E-state index is -0.194. The van der Waals surface area contributed by atoms with E-state index in [0.29, 0.717) is 0 Å². The molecule has 95 heavy (non-hydrogen) atoms. The fourth-order valence-electron chi connectivity index (χ4n) is 15.7. The van der Waals surface area contributed by atoms with Gasteiger partial charge in [0, 0.05) is 77.9 Å². The number of para-hydroxylation sites is 2. The van der Waals surface area contributed by atoms with Crippen molar-refractivity contribution >= 4 is 101 Å². The van der Waals surface area contributed by atoms with Crippen LogP contribution in [-0.2, 0) is 23.7 Å². The highest BCUT2D eigenvalue weighted by Crippen LogP contribution is 2.55. The molecule has 2 aliphatic rings. The van der Waals surface area contributed by atoms with E-state index in [1.807, 2.05) is 0 Å². The smallest absolute Gasteiger partial charge is 0.252 e. The third-order valence-corrected chi connectivity index (χ3v) is 20.5. The van der Waals surface area contributed by atoms with Gasteiger partial charge in [-0.3, -0.25) is 0 Å². The SMILES string of the molecule is CCc1ccc2c(c1)c1cc(CC)ccc1n2-c1ccc2c(c1)N(c1c(-c3ccccc3)cc(C(C)(C)C)cc1-c1ccccc1)c1cccc3c1B2c1ccc(-n2c4ccccc4c4ccccc42)cc1N3c1c(-c2ccccc2)cc(C(C)(C)C)cc1-c1ccccc1. The topological polar surface area (TPSA) is 16.3 Å². The van der Waals surface area contributed by atoms with Crippen LogP contribution in [0.2, 0.25) is 0 Å². The highest BCUT2D eigenvalue weighted by molar-refractivity contribution is 7.00. The van der Waals surface area contributed by atoms with Gasteiger partial charge in [0.15, 0.2) is 0 Å². The molecular weight excluding hydrogens is 1150 g/mol. The summed E-state index contributed by atoms with van der Waals surface area (Å²) in [5.74, 6) is 0. The lowest BCUT2D eigenvalue weighted by Gasteiger charge is -2.46. The van der Waals surface area contributed by atoms with Gasteiger partial charge in [0.1, 0.15) is 0 Å². The summed E-state index contributed by atoms with van der Waals surface area (Å²) in [4.78, 5) is 5.38. The van der Waals surface area contributed by atoms with Gasteiger partial charge in [-0.25, -0.2) is 0 Å². The molecule has 13 aromatic carbocycles. The minimum Gasteiger partial charge on any atom is -0.310 e. The number of rotatable bonds is 10. The van der Waals surface area contributed by atoms with Gasteiger partial charge in [0.2, 0.25) is 0 Å². The maximum Gasteiger partial charge on any atom is 0.252 e. The van der Waals surface area contributed by atoms with Crippen molar-refractivity contribution in [3.05, 3.63) is 307 Å². The average molecular weight is 1220 g/mol. The number of hydrogen-bond donors (Lipinski definition) is 0. The van der Waals surface area contributed by atoms with E-state index in [2.05, 4.69) is 359 Å². The summed E-state index contributed by atoms with van der Waals surface area (Å²) in [6.07, 6.45) is 1.94. The molecule has 0 fully saturated rings. The third-order valence-electron chi connectivity index (χ3n) is 20.5. The summed E-state index contributed by atoms with van der Waals surface area (Å²) in [6.45, 7) is 18.4. The fourth-order valence-corrected chi connectivity index (χ4v) is 15.7. The fraction of sp³-hybridized carbons (Fsp3) is 0.133. The second-order valence-electron chi connectivity index (χ2n) is 28.2. The predicted molar refractivity (Wildman–Crippen MR) is 407 cm³/mol. The Morgan fingerprint density at radius 3 is 0.979 bits per heavy atom. The van der Waals surface area contributed by atoms with E-state index >= 15 is 0 Å². The van der Waals surface area contributed by atoms with Crippen molar-refractivity contribution in [2.24, 2.45) is 0 Å². The molecule has 17 rings (SSSR count). The van der Waals surface area contributed by atoms with E-state index in [1.165, 1.54) is 116 Å². The molecule has 15 aromatic rings. The van der Waals surface area contributed by atoms with Crippen LogP contribution in [0.1, 0.15) is 77.6 Å². The average Bonchev–Trinajstić information content (AvgIpc) is 1.17. The van der Waals surface area contributed by atoms with Crippen LogP contribution in [0.3, 0.4) is 0 Å². The summed E-state index contributed by atoms with van der Waals surface area (Å²) >= 11 is 0. The molecule has 0 saturated carbocycles. The number of benzene rings is 13. The van der Waals surface area contributed by atoms with Crippen LogP contribution in [0.15, 0.2) is 285 Å². The van der Waals surface area contributed by atoms with E-state index in [9.17, 15) is 0 Å². The maximum atomic E-state index is 2.69. The van der Waals surface area contributed by atoms with Gasteiger partial charge in [-0.1, -0.05) is 243 Å². The van der Waals surface area contributed by atoms with Crippen LogP contribution in [0.25, 0.3) is 99.5 Å². The Bertz CT molecular complexity index is 5290. The van der Waals surface area contributed by atoms with Gasteiger partial charge in [-0.15, -0.1) is 0 Å². The molecule has 0 atom stereocenters. The normalized spacial score (nSPS) is 12.9. The van der Waals surface area contributed by atoms with Crippen molar-refractivity contribution in [2.45, 2.75) is 79.1 Å². The Hall–Kier alpha value is -10.9. The molecule has 0 amide bonds. The lowest BCUT2D eigenvalue weighted by Crippen LogP contribution is -2.61. The van der Waals surface area contributed by atoms with Gasteiger partial charge in [0.05, 0.1) is 33.4 Å². The standard InChI is InChI=1S/C90H75BN4/c1-9-58-42-48-80-74(50-58)75-51-59(10-2)43-49-81(75)93(80)67-45-47-77-85(57-67)95(88-72(62-32-19-13-20-33-62)54-65(90(6,7)8)55-73(88)63-34-21-14-22-35-63)83-41-27-40-82-86(83)91(77)76-46-44-66(92-78-38-25-23-36-68(78)69-37-24-26-39-79(69)92)56-84(76)94(82)87-70(60-28-15-11-16-29-60)52-64(89(3,4)5)53-71(87)61-30-17-12-18-31-61/h11-57H,9-10H2,1-8H3. The molecule has 0 bridgehead atoms. The first-order chi connectivity index (χ1) is 46.3. The second-order valence-corrected chi connectivity index (χ2v) is 28.2. The number of aromatic nitrogens is 2. The van der Waals surface area contributed by atoms with E-state index in [0.717, 1.165) is 69.5 Å². The minimum absolute atomic E-state index is 0.166. The summed E-state index contributed by atoms with van der Waals surface area (Å²) in [7, 11) is 0. The van der Waals surface area contributed by atoms with Crippen LogP contribution in [-0.4, -0.2) is 15.8 Å². The van der Waals surface area contributed by atoms with Crippen molar-refractivity contribution in [1.29, 1.82) is 0 Å². The zero-order valence-electron chi connectivity index (χ0n) is 55.4. The van der Waals surface area contributed by atoms with Crippen LogP contribution < -0.4 is 26.2 Å². The maximum absolute atomic E-state index is 2.69. The lowest BCUT2D eigenvalue weighted by atomic mass is 9.33. The van der Waals surface area contributed by atoms with Crippen molar-refractivity contribution in [2.75, 3.05) is 9.80 Å². The Labute approximate surface area is 558 Å². The molecule has 0 spiro atoms. The first-order valence-electron chi connectivity index (χ1n) is 34.0. The zero-order chi connectivity index (χ0) is 64.4. The van der Waals surface area contributed by atoms with E-state index in [1.54, 1.807) is 0 Å².